The van der Waals surface area contributed by atoms with Crippen molar-refractivity contribution in [3.05, 3.63) is 29.8 Å². The van der Waals surface area contributed by atoms with Crippen LogP contribution in [0.5, 0.6) is 0 Å². The Labute approximate surface area is 150 Å². The molecule has 1 aliphatic carbocycles. The molecule has 1 aromatic rings. The minimum Gasteiger partial charge on any atom is -0.385 e. The van der Waals surface area contributed by atoms with Crippen LogP contribution in [0.2, 0.25) is 0 Å². The van der Waals surface area contributed by atoms with Gasteiger partial charge in [0.1, 0.15) is 0 Å². The van der Waals surface area contributed by atoms with Crippen molar-refractivity contribution in [1.82, 2.24) is 10.0 Å². The number of nitrogens with one attached hydrogen (secondary N) is 2. The minimum atomic E-state index is -3.55. The van der Waals surface area contributed by atoms with E-state index in [1.54, 1.807) is 19.2 Å². The van der Waals surface area contributed by atoms with Gasteiger partial charge in [-0.25, -0.2) is 13.1 Å². The molecule has 1 fully saturated rings. The molecule has 6 nitrogen and oxygen atoms in total. The van der Waals surface area contributed by atoms with E-state index in [2.05, 4.69) is 10.0 Å². The van der Waals surface area contributed by atoms with Crippen molar-refractivity contribution in [2.45, 2.75) is 55.9 Å². The maximum absolute atomic E-state index is 12.3. The highest BCUT2D eigenvalue weighted by Gasteiger charge is 2.17. The molecule has 7 heteroatoms. The number of amides is 1. The van der Waals surface area contributed by atoms with Gasteiger partial charge in [0, 0.05) is 31.9 Å². The summed E-state index contributed by atoms with van der Waals surface area (Å²) in [6, 6.07) is 6.30. The number of sulfonamides is 1. The summed E-state index contributed by atoms with van der Waals surface area (Å²) >= 11 is 0. The van der Waals surface area contributed by atoms with Gasteiger partial charge in [-0.2, -0.15) is 0 Å². The fourth-order valence-electron chi connectivity index (χ4n) is 2.98. The summed E-state index contributed by atoms with van der Waals surface area (Å²) in [5, 5.41) is 3.06. The third-order valence-electron chi connectivity index (χ3n) is 4.43. The Hall–Kier alpha value is -1.44. The molecular weight excluding hydrogens is 340 g/mol. The molecular formula is C18H28N2O4S. The molecule has 0 radical (unpaired) electrons. The molecule has 0 atom stereocenters. The number of ether oxygens (including phenoxy) is 1. The third-order valence-corrected chi connectivity index (χ3v) is 5.91. The number of hydrogen-bond acceptors (Lipinski definition) is 4. The number of benzene rings is 1. The van der Waals surface area contributed by atoms with E-state index >= 15 is 0 Å². The average molecular weight is 368 g/mol. The second-order valence-electron chi connectivity index (χ2n) is 6.43. The Balaban J connectivity index is 1.92. The van der Waals surface area contributed by atoms with E-state index in [1.807, 2.05) is 0 Å². The van der Waals surface area contributed by atoms with Gasteiger partial charge >= 0.3 is 0 Å². The summed E-state index contributed by atoms with van der Waals surface area (Å²) < 4.78 is 31.8. The first kappa shape index (κ1) is 19.9. The lowest BCUT2D eigenvalue weighted by Gasteiger charge is -2.16. The normalized spacial score (nSPS) is 16.4. The maximum atomic E-state index is 12.3. The van der Waals surface area contributed by atoms with Crippen LogP contribution >= 0.6 is 0 Å². The third kappa shape index (κ3) is 6.41. The smallest absolute Gasteiger partial charge is 0.251 e. The van der Waals surface area contributed by atoms with Gasteiger partial charge in [-0.3, -0.25) is 4.79 Å². The van der Waals surface area contributed by atoms with Gasteiger partial charge in [-0.15, -0.1) is 0 Å². The van der Waals surface area contributed by atoms with Crippen LogP contribution in [0.15, 0.2) is 29.2 Å². The van der Waals surface area contributed by atoms with E-state index in [0.29, 0.717) is 25.1 Å². The molecule has 0 aliphatic heterocycles. The molecule has 1 amide bonds. The van der Waals surface area contributed by atoms with Crippen LogP contribution in [0.1, 0.15) is 55.3 Å². The summed E-state index contributed by atoms with van der Waals surface area (Å²) in [6.07, 6.45) is 7.41. The van der Waals surface area contributed by atoms with E-state index in [-0.39, 0.29) is 16.8 Å². The fraction of sp³-hybridized carbons (Fsp3) is 0.611. The molecule has 2 N–H and O–H groups in total. The lowest BCUT2D eigenvalue weighted by molar-refractivity contribution is 0.0933. The second kappa shape index (κ2) is 9.89. The van der Waals surface area contributed by atoms with E-state index in [1.165, 1.54) is 25.0 Å². The summed E-state index contributed by atoms with van der Waals surface area (Å²) in [5.74, 6) is -0.135. The lowest BCUT2D eigenvalue weighted by Crippen LogP contribution is -2.34. The quantitative estimate of drug-likeness (QED) is 0.545. The van der Waals surface area contributed by atoms with Gasteiger partial charge in [-0.1, -0.05) is 25.7 Å². The van der Waals surface area contributed by atoms with Crippen LogP contribution in [0.3, 0.4) is 0 Å². The van der Waals surface area contributed by atoms with Crippen molar-refractivity contribution < 1.29 is 17.9 Å². The molecule has 25 heavy (non-hydrogen) atoms. The largest absolute Gasteiger partial charge is 0.385 e. The van der Waals surface area contributed by atoms with E-state index in [4.69, 9.17) is 4.74 Å². The predicted octanol–water partition coefficient (Wildman–Crippen LogP) is 2.45. The maximum Gasteiger partial charge on any atom is 0.251 e. The summed E-state index contributed by atoms with van der Waals surface area (Å²) in [6.45, 7) is 0.822. The zero-order valence-electron chi connectivity index (χ0n) is 14.8. The van der Waals surface area contributed by atoms with Crippen molar-refractivity contribution >= 4 is 15.9 Å². The predicted molar refractivity (Wildman–Crippen MR) is 97.1 cm³/mol. The van der Waals surface area contributed by atoms with Gasteiger partial charge in [0.15, 0.2) is 0 Å². The Morgan fingerprint density at radius 3 is 2.36 bits per heavy atom. The fourth-order valence-corrected chi connectivity index (χ4v) is 4.06. The molecule has 0 spiro atoms. The zero-order chi connectivity index (χ0) is 18.1. The average Bonchev–Trinajstić information content (AvgIpc) is 2.87. The first-order chi connectivity index (χ1) is 12.0. The van der Waals surface area contributed by atoms with Crippen molar-refractivity contribution in [2.24, 2.45) is 0 Å². The molecule has 2 rings (SSSR count). The second-order valence-corrected chi connectivity index (χ2v) is 8.20. The van der Waals surface area contributed by atoms with Gasteiger partial charge in [0.2, 0.25) is 10.0 Å². The van der Waals surface area contributed by atoms with Crippen LogP contribution in [-0.4, -0.2) is 40.6 Å². The first-order valence-electron chi connectivity index (χ1n) is 8.92. The first-order valence-corrected chi connectivity index (χ1v) is 10.4. The number of carbonyl (C=O) groups is 1. The molecule has 0 unspecified atom stereocenters. The van der Waals surface area contributed by atoms with Crippen LogP contribution < -0.4 is 10.0 Å². The molecule has 140 valence electrons. The van der Waals surface area contributed by atoms with Gasteiger partial charge < -0.3 is 10.1 Å². The molecule has 1 aromatic carbocycles. The summed E-state index contributed by atoms with van der Waals surface area (Å²) in [5.41, 5.74) is 0.488. The van der Waals surface area contributed by atoms with Gasteiger partial charge in [-0.05, 0) is 43.5 Å². The highest BCUT2D eigenvalue weighted by atomic mass is 32.2. The number of hydrogen-bond donors (Lipinski definition) is 2. The van der Waals surface area contributed by atoms with Crippen LogP contribution in [-0.2, 0) is 14.8 Å². The van der Waals surface area contributed by atoms with Crippen LogP contribution in [0.4, 0.5) is 0 Å². The van der Waals surface area contributed by atoms with Crippen molar-refractivity contribution in [3.63, 3.8) is 0 Å². The van der Waals surface area contributed by atoms with E-state index in [0.717, 1.165) is 25.7 Å². The topological polar surface area (TPSA) is 84.5 Å². The molecule has 0 bridgehead atoms. The summed E-state index contributed by atoms with van der Waals surface area (Å²) in [4.78, 5) is 12.5. The molecule has 0 aromatic heterocycles. The highest BCUT2D eigenvalue weighted by Crippen LogP contribution is 2.18. The van der Waals surface area contributed by atoms with Crippen molar-refractivity contribution in [3.8, 4) is 0 Å². The molecule has 1 saturated carbocycles. The number of methoxy groups -OCH3 is 1. The summed E-state index contributed by atoms with van der Waals surface area (Å²) in [7, 11) is -1.98. The molecule has 0 saturated heterocycles. The number of rotatable bonds is 8. The van der Waals surface area contributed by atoms with E-state index in [9.17, 15) is 13.2 Å². The van der Waals surface area contributed by atoms with Crippen LogP contribution in [0.25, 0.3) is 0 Å². The Kier molecular flexibility index (Phi) is 7.87. The molecule has 1 aliphatic rings. The van der Waals surface area contributed by atoms with Gasteiger partial charge in [0.25, 0.3) is 5.91 Å². The Morgan fingerprint density at radius 2 is 1.76 bits per heavy atom. The SMILES string of the molecule is COCCCNS(=O)(=O)c1ccc(C(=O)NC2CCCCCC2)cc1. The van der Waals surface area contributed by atoms with Crippen molar-refractivity contribution in [2.75, 3.05) is 20.3 Å². The van der Waals surface area contributed by atoms with Crippen LogP contribution in [0, 0.1) is 0 Å². The lowest BCUT2D eigenvalue weighted by atomic mass is 10.1. The monoisotopic (exact) mass is 368 g/mol. The minimum absolute atomic E-state index is 0.135. The molecule has 0 heterocycles. The Bertz CT molecular complexity index is 636. The Morgan fingerprint density at radius 1 is 1.12 bits per heavy atom. The standard InChI is InChI=1S/C18H28N2O4S/c1-24-14-6-13-19-25(22,23)17-11-9-15(10-12-17)18(21)20-16-7-4-2-3-5-8-16/h9-12,16,19H,2-8,13-14H2,1H3,(H,20,21). The zero-order valence-corrected chi connectivity index (χ0v) is 15.6. The highest BCUT2D eigenvalue weighted by molar-refractivity contribution is 7.89. The van der Waals surface area contributed by atoms with Gasteiger partial charge in [0.05, 0.1) is 4.90 Å². The van der Waals surface area contributed by atoms with Crippen molar-refractivity contribution in [1.29, 1.82) is 0 Å². The van der Waals surface area contributed by atoms with E-state index < -0.39 is 10.0 Å². The number of carbonyl (C=O) groups excluding carboxylic acids is 1.